The highest BCUT2D eigenvalue weighted by Crippen LogP contribution is 2.38. The van der Waals surface area contributed by atoms with Gasteiger partial charge in [0, 0.05) is 13.6 Å². The zero-order valence-corrected chi connectivity index (χ0v) is 18.5. The van der Waals surface area contributed by atoms with E-state index in [9.17, 15) is 9.18 Å². The minimum atomic E-state index is -0.377. The Kier molecular flexibility index (Phi) is 7.35. The number of thioether (sulfide) groups is 1. The van der Waals surface area contributed by atoms with Gasteiger partial charge in [0.25, 0.3) is 0 Å². The molecule has 8 nitrogen and oxygen atoms in total. The molecule has 1 N–H and O–H groups in total. The first-order valence-corrected chi connectivity index (χ1v) is 10.3. The molecule has 2 aromatic carbocycles. The molecule has 1 aromatic heterocycles. The van der Waals surface area contributed by atoms with Crippen LogP contribution in [-0.2, 0) is 18.4 Å². The smallest absolute Gasteiger partial charge is 0.230 e. The van der Waals surface area contributed by atoms with Crippen LogP contribution in [0.15, 0.2) is 41.6 Å². The number of ether oxygens (including phenoxy) is 3. The molecule has 3 rings (SSSR count). The Morgan fingerprint density at radius 3 is 2.39 bits per heavy atom. The number of amides is 1. The van der Waals surface area contributed by atoms with Gasteiger partial charge in [0.1, 0.15) is 5.82 Å². The van der Waals surface area contributed by atoms with Gasteiger partial charge in [0.15, 0.2) is 22.5 Å². The molecule has 31 heavy (non-hydrogen) atoms. The van der Waals surface area contributed by atoms with E-state index in [1.807, 2.05) is 0 Å². The number of carbonyl (C=O) groups is 1. The Morgan fingerprint density at radius 1 is 1.10 bits per heavy atom. The summed E-state index contributed by atoms with van der Waals surface area (Å²) in [5.41, 5.74) is 1.16. The minimum absolute atomic E-state index is 0.133. The maximum atomic E-state index is 14.0. The highest BCUT2D eigenvalue weighted by atomic mass is 32.2. The van der Waals surface area contributed by atoms with Gasteiger partial charge < -0.3 is 24.1 Å². The maximum absolute atomic E-state index is 14.0. The molecule has 0 aliphatic carbocycles. The van der Waals surface area contributed by atoms with Crippen LogP contribution >= 0.6 is 11.8 Å². The summed E-state index contributed by atoms with van der Waals surface area (Å²) >= 11 is 1.22. The number of halogens is 1. The van der Waals surface area contributed by atoms with Gasteiger partial charge in [0.2, 0.25) is 11.7 Å². The van der Waals surface area contributed by atoms with E-state index in [0.717, 1.165) is 5.56 Å². The second kappa shape index (κ2) is 10.2. The molecule has 10 heteroatoms. The van der Waals surface area contributed by atoms with Crippen molar-refractivity contribution in [2.24, 2.45) is 7.05 Å². The molecule has 0 saturated carbocycles. The first-order valence-electron chi connectivity index (χ1n) is 9.31. The van der Waals surface area contributed by atoms with Gasteiger partial charge >= 0.3 is 0 Å². The Balaban J connectivity index is 1.61. The third kappa shape index (κ3) is 5.08. The summed E-state index contributed by atoms with van der Waals surface area (Å²) in [5.74, 6) is 1.49. The molecule has 0 spiro atoms. The number of nitrogens with zero attached hydrogens (tertiary/aromatic N) is 3. The lowest BCUT2D eigenvalue weighted by molar-refractivity contribution is -0.118. The summed E-state index contributed by atoms with van der Waals surface area (Å²) in [6.45, 7) is 0.287. The number of nitrogens with one attached hydrogen (secondary N) is 1. The highest BCUT2D eigenvalue weighted by molar-refractivity contribution is 7.99. The fourth-order valence-corrected chi connectivity index (χ4v) is 3.68. The van der Waals surface area contributed by atoms with Crippen LogP contribution in [0.3, 0.4) is 0 Å². The van der Waals surface area contributed by atoms with Gasteiger partial charge in [-0.05, 0) is 29.8 Å². The summed E-state index contributed by atoms with van der Waals surface area (Å²) in [6, 6.07) is 9.90. The number of methoxy groups -OCH3 is 3. The van der Waals surface area contributed by atoms with Crippen molar-refractivity contribution in [2.75, 3.05) is 27.1 Å². The van der Waals surface area contributed by atoms with Gasteiger partial charge in [-0.1, -0.05) is 23.9 Å². The van der Waals surface area contributed by atoms with Gasteiger partial charge in [-0.3, -0.25) is 4.79 Å². The topological polar surface area (TPSA) is 87.5 Å². The Bertz CT molecular complexity index is 1050. The number of rotatable bonds is 9. The molecule has 0 saturated heterocycles. The first kappa shape index (κ1) is 22.4. The zero-order valence-electron chi connectivity index (χ0n) is 17.6. The second-order valence-corrected chi connectivity index (χ2v) is 7.39. The Morgan fingerprint density at radius 2 is 1.77 bits per heavy atom. The fraction of sp³-hybridized carbons (Fsp3) is 0.286. The molecule has 0 unspecified atom stereocenters. The van der Waals surface area contributed by atoms with Crippen LogP contribution in [0.4, 0.5) is 4.39 Å². The average molecular weight is 447 g/mol. The molecule has 0 aliphatic heterocycles. The number of benzene rings is 2. The zero-order chi connectivity index (χ0) is 22.4. The van der Waals surface area contributed by atoms with Crippen molar-refractivity contribution in [2.45, 2.75) is 11.7 Å². The largest absolute Gasteiger partial charge is 0.493 e. The van der Waals surface area contributed by atoms with E-state index in [1.54, 1.807) is 41.9 Å². The molecular formula is C21H23FN4O4S. The van der Waals surface area contributed by atoms with E-state index in [0.29, 0.717) is 33.8 Å². The number of hydrogen-bond acceptors (Lipinski definition) is 7. The van der Waals surface area contributed by atoms with Crippen LogP contribution < -0.4 is 19.5 Å². The van der Waals surface area contributed by atoms with Crippen molar-refractivity contribution >= 4 is 17.7 Å². The summed E-state index contributed by atoms with van der Waals surface area (Å²) in [4.78, 5) is 12.3. The van der Waals surface area contributed by atoms with E-state index in [-0.39, 0.29) is 24.0 Å². The molecule has 1 amide bonds. The molecule has 0 fully saturated rings. The normalized spacial score (nSPS) is 10.6. The van der Waals surface area contributed by atoms with Crippen LogP contribution in [0.5, 0.6) is 17.2 Å². The maximum Gasteiger partial charge on any atom is 0.230 e. The van der Waals surface area contributed by atoms with Crippen LogP contribution in [0, 0.1) is 5.82 Å². The van der Waals surface area contributed by atoms with Crippen molar-refractivity contribution in [1.29, 1.82) is 0 Å². The number of carbonyl (C=O) groups excluding carboxylic acids is 1. The van der Waals surface area contributed by atoms with E-state index >= 15 is 0 Å². The standard InChI is InChI=1S/C21H23FN4O4S/c1-26-20(14-7-5-6-8-15(14)22)24-25-21(26)31-12-18(27)23-11-13-9-16(28-2)19(30-4)17(10-13)29-3/h5-10H,11-12H2,1-4H3,(H,23,27). The van der Waals surface area contributed by atoms with Crippen LogP contribution in [0.25, 0.3) is 11.4 Å². The number of aromatic nitrogens is 3. The lowest BCUT2D eigenvalue weighted by Crippen LogP contribution is -2.24. The van der Waals surface area contributed by atoms with Gasteiger partial charge in [0.05, 0.1) is 32.6 Å². The van der Waals surface area contributed by atoms with E-state index in [4.69, 9.17) is 14.2 Å². The van der Waals surface area contributed by atoms with E-state index in [2.05, 4.69) is 15.5 Å². The van der Waals surface area contributed by atoms with Crippen molar-refractivity contribution in [1.82, 2.24) is 20.1 Å². The summed E-state index contributed by atoms with van der Waals surface area (Å²) in [5, 5.41) is 11.5. The Hall–Kier alpha value is -3.27. The molecule has 0 aliphatic rings. The summed E-state index contributed by atoms with van der Waals surface area (Å²) < 4.78 is 31.6. The van der Waals surface area contributed by atoms with E-state index in [1.165, 1.54) is 39.2 Å². The van der Waals surface area contributed by atoms with Crippen LogP contribution in [0.2, 0.25) is 0 Å². The first-order chi connectivity index (χ1) is 15.0. The lowest BCUT2D eigenvalue weighted by atomic mass is 10.2. The van der Waals surface area contributed by atoms with Gasteiger partial charge in [-0.2, -0.15) is 0 Å². The van der Waals surface area contributed by atoms with Crippen LogP contribution in [-0.4, -0.2) is 47.8 Å². The average Bonchev–Trinajstić information content (AvgIpc) is 3.15. The quantitative estimate of drug-likeness (QED) is 0.506. The molecule has 0 atom stereocenters. The van der Waals surface area contributed by atoms with Gasteiger partial charge in [-0.25, -0.2) is 4.39 Å². The van der Waals surface area contributed by atoms with E-state index < -0.39 is 0 Å². The molecule has 1 heterocycles. The summed E-state index contributed by atoms with van der Waals surface area (Å²) in [6.07, 6.45) is 0. The third-order valence-corrected chi connectivity index (χ3v) is 5.52. The van der Waals surface area contributed by atoms with Crippen molar-refractivity contribution in [3.63, 3.8) is 0 Å². The monoisotopic (exact) mass is 446 g/mol. The Labute approximate surface area is 183 Å². The third-order valence-electron chi connectivity index (χ3n) is 4.50. The SMILES string of the molecule is COc1cc(CNC(=O)CSc2nnc(-c3ccccc3F)n2C)cc(OC)c1OC. The van der Waals surface area contributed by atoms with Crippen molar-refractivity contribution < 1.29 is 23.4 Å². The fourth-order valence-electron chi connectivity index (χ4n) is 2.94. The molecule has 3 aromatic rings. The minimum Gasteiger partial charge on any atom is -0.493 e. The van der Waals surface area contributed by atoms with Gasteiger partial charge in [-0.15, -0.1) is 10.2 Å². The lowest BCUT2D eigenvalue weighted by Gasteiger charge is -2.14. The van der Waals surface area contributed by atoms with Crippen molar-refractivity contribution in [3.05, 3.63) is 47.8 Å². The number of hydrogen-bond donors (Lipinski definition) is 1. The summed E-state index contributed by atoms with van der Waals surface area (Å²) in [7, 11) is 6.33. The van der Waals surface area contributed by atoms with Crippen molar-refractivity contribution in [3.8, 4) is 28.6 Å². The van der Waals surface area contributed by atoms with Crippen LogP contribution in [0.1, 0.15) is 5.56 Å². The second-order valence-electron chi connectivity index (χ2n) is 6.44. The molecular weight excluding hydrogens is 423 g/mol. The molecule has 0 radical (unpaired) electrons. The predicted molar refractivity (Wildman–Crippen MR) is 115 cm³/mol. The molecule has 0 bridgehead atoms. The molecule has 164 valence electrons. The highest BCUT2D eigenvalue weighted by Gasteiger charge is 2.16. The predicted octanol–water partition coefficient (Wildman–Crippen LogP) is 3.06.